The Labute approximate surface area is 126 Å². The van der Waals surface area contributed by atoms with E-state index in [0.29, 0.717) is 16.9 Å². The van der Waals surface area contributed by atoms with Crippen molar-refractivity contribution >= 4 is 26.0 Å². The lowest BCUT2D eigenvalue weighted by atomic mass is 9.83. The van der Waals surface area contributed by atoms with Crippen LogP contribution in [0, 0.1) is 11.7 Å². The first kappa shape index (κ1) is 15.9. The topological polar surface area (TPSA) is 66.4 Å². The molecule has 0 radical (unpaired) electrons. The Morgan fingerprint density at radius 1 is 1.40 bits per heavy atom. The number of halogens is 2. The molecule has 0 aliphatic heterocycles. The van der Waals surface area contributed by atoms with Gasteiger partial charge in [0, 0.05) is 16.6 Å². The molecule has 1 saturated carbocycles. The number of benzene rings is 1. The van der Waals surface area contributed by atoms with Crippen molar-refractivity contribution in [1.29, 1.82) is 0 Å². The molecule has 1 aromatic rings. The molecule has 0 spiro atoms. The molecule has 2 rings (SSSR count). The van der Waals surface area contributed by atoms with Gasteiger partial charge in [0.05, 0.1) is 6.61 Å². The predicted octanol–water partition coefficient (Wildman–Crippen LogP) is 2.55. The molecule has 0 aromatic heterocycles. The normalized spacial score (nSPS) is 16.1. The summed E-state index contributed by atoms with van der Waals surface area (Å²) in [5, 5.41) is 9.05. The van der Waals surface area contributed by atoms with Gasteiger partial charge in [0.25, 0.3) is 0 Å². The Morgan fingerprint density at radius 2 is 2.10 bits per heavy atom. The number of aliphatic hydroxyl groups excluding tert-OH is 1. The second-order valence-corrected chi connectivity index (χ2v) is 7.67. The molecular formula is C13H17BrFNO3S. The molecule has 0 bridgehead atoms. The first-order valence-electron chi connectivity index (χ1n) is 6.52. The third-order valence-electron chi connectivity index (χ3n) is 3.61. The average Bonchev–Trinajstić information content (AvgIpc) is 2.34. The molecule has 2 N–H and O–H groups in total. The first-order chi connectivity index (χ1) is 9.44. The molecule has 1 aliphatic carbocycles. The fraction of sp³-hybridized carbons (Fsp3) is 0.538. The van der Waals surface area contributed by atoms with Crippen LogP contribution in [-0.4, -0.2) is 20.1 Å². The molecule has 1 aromatic carbocycles. The van der Waals surface area contributed by atoms with Crippen molar-refractivity contribution in [3.05, 3.63) is 28.0 Å². The molecule has 0 saturated heterocycles. The smallest absolute Gasteiger partial charge is 0.243 e. The molecule has 0 amide bonds. The fourth-order valence-electron chi connectivity index (χ4n) is 2.19. The fourth-order valence-corrected chi connectivity index (χ4v) is 4.03. The standard InChI is InChI=1S/C13H17BrFNO3S/c14-11-6-10(8-17)13(15)12(7-11)20(18,19)16-5-4-9-2-1-3-9/h6-7,9,16-17H,1-5,8H2. The minimum absolute atomic E-state index is 0.0428. The van der Waals surface area contributed by atoms with E-state index in [0.717, 1.165) is 19.3 Å². The summed E-state index contributed by atoms with van der Waals surface area (Å²) in [7, 11) is -3.89. The van der Waals surface area contributed by atoms with Crippen LogP contribution in [0.2, 0.25) is 0 Å². The highest BCUT2D eigenvalue weighted by Crippen LogP contribution is 2.29. The molecule has 7 heteroatoms. The number of aliphatic hydroxyl groups is 1. The Kier molecular flexibility index (Phi) is 5.17. The van der Waals surface area contributed by atoms with Gasteiger partial charge in [0.2, 0.25) is 10.0 Å². The summed E-state index contributed by atoms with van der Waals surface area (Å²) in [6, 6.07) is 2.57. The van der Waals surface area contributed by atoms with Crippen LogP contribution < -0.4 is 4.72 Å². The summed E-state index contributed by atoms with van der Waals surface area (Å²) in [5.74, 6) is -0.315. The minimum atomic E-state index is -3.89. The van der Waals surface area contributed by atoms with Gasteiger partial charge in [-0.3, -0.25) is 0 Å². The van der Waals surface area contributed by atoms with E-state index in [2.05, 4.69) is 20.7 Å². The molecule has 0 unspecified atom stereocenters. The Morgan fingerprint density at radius 3 is 2.65 bits per heavy atom. The molecular weight excluding hydrogens is 349 g/mol. The number of rotatable bonds is 6. The van der Waals surface area contributed by atoms with Gasteiger partial charge < -0.3 is 5.11 Å². The van der Waals surface area contributed by atoms with Gasteiger partial charge in [0.1, 0.15) is 10.7 Å². The van der Waals surface area contributed by atoms with Crippen molar-refractivity contribution in [2.75, 3.05) is 6.54 Å². The van der Waals surface area contributed by atoms with Crippen LogP contribution in [0.15, 0.2) is 21.5 Å². The summed E-state index contributed by atoms with van der Waals surface area (Å²) in [6.07, 6.45) is 4.27. The maximum atomic E-state index is 14.0. The van der Waals surface area contributed by atoms with E-state index in [1.165, 1.54) is 18.6 Å². The van der Waals surface area contributed by atoms with E-state index in [9.17, 15) is 12.8 Å². The van der Waals surface area contributed by atoms with Gasteiger partial charge in [-0.2, -0.15) is 0 Å². The van der Waals surface area contributed by atoms with Crippen LogP contribution in [0.4, 0.5) is 4.39 Å². The van der Waals surface area contributed by atoms with Gasteiger partial charge in [0.15, 0.2) is 0 Å². The highest BCUT2D eigenvalue weighted by atomic mass is 79.9. The van der Waals surface area contributed by atoms with Gasteiger partial charge >= 0.3 is 0 Å². The maximum absolute atomic E-state index is 14.0. The van der Waals surface area contributed by atoms with Crippen molar-refractivity contribution in [1.82, 2.24) is 4.72 Å². The third kappa shape index (κ3) is 3.58. The zero-order valence-electron chi connectivity index (χ0n) is 10.9. The SMILES string of the molecule is O=S(=O)(NCCC1CCC1)c1cc(Br)cc(CO)c1F. The van der Waals surface area contributed by atoms with Gasteiger partial charge in [-0.15, -0.1) is 0 Å². The van der Waals surface area contributed by atoms with E-state index in [-0.39, 0.29) is 5.56 Å². The van der Waals surface area contributed by atoms with E-state index in [1.807, 2.05) is 0 Å². The Balaban J connectivity index is 2.13. The van der Waals surface area contributed by atoms with Crippen LogP contribution in [0.25, 0.3) is 0 Å². The molecule has 112 valence electrons. The van der Waals surface area contributed by atoms with Crippen LogP contribution in [-0.2, 0) is 16.6 Å². The number of sulfonamides is 1. The highest BCUT2D eigenvalue weighted by molar-refractivity contribution is 9.10. The lowest BCUT2D eigenvalue weighted by molar-refractivity contribution is 0.274. The predicted molar refractivity (Wildman–Crippen MR) is 77.2 cm³/mol. The van der Waals surface area contributed by atoms with Gasteiger partial charge in [-0.25, -0.2) is 17.5 Å². The molecule has 0 heterocycles. The number of hydrogen-bond acceptors (Lipinski definition) is 3. The van der Waals surface area contributed by atoms with Crippen LogP contribution in [0.3, 0.4) is 0 Å². The van der Waals surface area contributed by atoms with Crippen molar-refractivity contribution in [3.63, 3.8) is 0 Å². The first-order valence-corrected chi connectivity index (χ1v) is 8.80. The quantitative estimate of drug-likeness (QED) is 0.813. The lowest BCUT2D eigenvalue weighted by Crippen LogP contribution is -2.28. The summed E-state index contributed by atoms with van der Waals surface area (Å²) in [6.45, 7) is -0.233. The molecule has 20 heavy (non-hydrogen) atoms. The molecule has 4 nitrogen and oxygen atoms in total. The van der Waals surface area contributed by atoms with Crippen molar-refractivity contribution in [2.45, 2.75) is 37.2 Å². The third-order valence-corrected chi connectivity index (χ3v) is 5.53. The summed E-state index contributed by atoms with van der Waals surface area (Å²) in [5.41, 5.74) is -0.0428. The van der Waals surface area contributed by atoms with Crippen molar-refractivity contribution in [3.8, 4) is 0 Å². The average molecular weight is 366 g/mol. The lowest BCUT2D eigenvalue weighted by Gasteiger charge is -2.25. The summed E-state index contributed by atoms with van der Waals surface area (Å²) < 4.78 is 41.1. The second-order valence-electron chi connectivity index (χ2n) is 5.02. The Bertz CT molecular complexity index is 588. The van der Waals surface area contributed by atoms with Gasteiger partial charge in [-0.05, 0) is 24.5 Å². The summed E-state index contributed by atoms with van der Waals surface area (Å²) in [4.78, 5) is -0.426. The van der Waals surface area contributed by atoms with E-state index in [4.69, 9.17) is 5.11 Å². The molecule has 1 aliphatic rings. The van der Waals surface area contributed by atoms with E-state index < -0.39 is 27.3 Å². The zero-order valence-corrected chi connectivity index (χ0v) is 13.3. The number of hydrogen-bond donors (Lipinski definition) is 2. The molecule has 0 atom stereocenters. The zero-order chi connectivity index (χ0) is 14.8. The monoisotopic (exact) mass is 365 g/mol. The highest BCUT2D eigenvalue weighted by Gasteiger charge is 2.23. The van der Waals surface area contributed by atoms with E-state index >= 15 is 0 Å². The van der Waals surface area contributed by atoms with Crippen LogP contribution >= 0.6 is 15.9 Å². The maximum Gasteiger partial charge on any atom is 0.243 e. The minimum Gasteiger partial charge on any atom is -0.392 e. The Hall–Kier alpha value is -0.500. The van der Waals surface area contributed by atoms with Gasteiger partial charge in [-0.1, -0.05) is 35.2 Å². The van der Waals surface area contributed by atoms with Crippen LogP contribution in [0.5, 0.6) is 0 Å². The van der Waals surface area contributed by atoms with Crippen molar-refractivity contribution in [2.24, 2.45) is 5.92 Å². The largest absolute Gasteiger partial charge is 0.392 e. The summed E-state index contributed by atoms with van der Waals surface area (Å²) >= 11 is 3.12. The van der Waals surface area contributed by atoms with Crippen LogP contribution in [0.1, 0.15) is 31.2 Å². The second kappa shape index (κ2) is 6.51. The number of nitrogens with one attached hydrogen (secondary N) is 1. The molecule has 1 fully saturated rings. The van der Waals surface area contributed by atoms with Crippen molar-refractivity contribution < 1.29 is 17.9 Å². The van der Waals surface area contributed by atoms with E-state index in [1.54, 1.807) is 0 Å².